The zero-order chi connectivity index (χ0) is 30.7. The van der Waals surface area contributed by atoms with Gasteiger partial charge in [-0.15, -0.1) is 0 Å². The molecule has 10 nitrogen and oxygen atoms in total. The summed E-state index contributed by atoms with van der Waals surface area (Å²) >= 11 is 1.37. The molecule has 1 fully saturated rings. The first-order chi connectivity index (χ1) is 21.4. The summed E-state index contributed by atoms with van der Waals surface area (Å²) in [6.07, 6.45) is 1.40. The number of fused-ring (bicyclic) bond motifs is 2. The van der Waals surface area contributed by atoms with Crippen LogP contribution in [0.25, 0.3) is 10.2 Å². The molecule has 6 rings (SSSR count). The molecule has 12 heteroatoms. The molecule has 232 valence electrons. The fourth-order valence-electron chi connectivity index (χ4n) is 5.70. The molecule has 0 spiro atoms. The van der Waals surface area contributed by atoms with Crippen molar-refractivity contribution < 1.29 is 27.4 Å². The number of aromatic nitrogens is 1. The van der Waals surface area contributed by atoms with Crippen molar-refractivity contribution in [2.24, 2.45) is 0 Å². The van der Waals surface area contributed by atoms with E-state index >= 15 is 0 Å². The van der Waals surface area contributed by atoms with Gasteiger partial charge >= 0.3 is 0 Å². The predicted molar refractivity (Wildman–Crippen MR) is 170 cm³/mol. The zero-order valence-corrected chi connectivity index (χ0v) is 26.5. The summed E-state index contributed by atoms with van der Waals surface area (Å²) in [6.45, 7) is 5.15. The van der Waals surface area contributed by atoms with Crippen LogP contribution in [0.1, 0.15) is 27.9 Å². The number of benzene rings is 3. The maximum Gasteiger partial charge on any atom is 0.260 e. The van der Waals surface area contributed by atoms with Crippen molar-refractivity contribution >= 4 is 42.6 Å². The van der Waals surface area contributed by atoms with Crippen molar-refractivity contribution in [3.63, 3.8) is 0 Å². The van der Waals surface area contributed by atoms with E-state index in [4.69, 9.17) is 19.2 Å². The summed E-state index contributed by atoms with van der Waals surface area (Å²) in [5, 5.41) is 0.526. The van der Waals surface area contributed by atoms with Crippen LogP contribution in [0.3, 0.4) is 0 Å². The van der Waals surface area contributed by atoms with Gasteiger partial charge in [0.1, 0.15) is 21.7 Å². The molecule has 0 unspecified atom stereocenters. The number of anilines is 1. The van der Waals surface area contributed by atoms with Crippen molar-refractivity contribution in [3.8, 4) is 11.5 Å². The number of hydrogen-bond acceptors (Lipinski definition) is 9. The lowest BCUT2D eigenvalue weighted by atomic mass is 10.0. The third kappa shape index (κ3) is 6.18. The number of rotatable bonds is 10. The molecule has 1 saturated heterocycles. The number of thiazole rings is 1. The van der Waals surface area contributed by atoms with Crippen LogP contribution in [0.15, 0.2) is 65.6 Å². The molecule has 0 radical (unpaired) electrons. The third-order valence-electron chi connectivity index (χ3n) is 8.17. The maximum atomic E-state index is 14.0. The molecule has 0 bridgehead atoms. The lowest BCUT2D eigenvalue weighted by Gasteiger charge is -2.28. The number of carbonyl (C=O) groups is 1. The van der Waals surface area contributed by atoms with Crippen LogP contribution >= 0.6 is 11.3 Å². The van der Waals surface area contributed by atoms with Gasteiger partial charge in [0.2, 0.25) is 10.0 Å². The summed E-state index contributed by atoms with van der Waals surface area (Å²) in [4.78, 5) is 23.0. The minimum atomic E-state index is -3.72. The third-order valence-corrected chi connectivity index (χ3v) is 11.1. The molecule has 3 heterocycles. The minimum Gasteiger partial charge on any atom is -0.495 e. The molecule has 0 N–H and O–H groups in total. The van der Waals surface area contributed by atoms with Gasteiger partial charge in [-0.25, -0.2) is 13.4 Å². The SMILES string of the molecule is COc1ccc(OC)c2sc(N(CCCN3CCOCC3)C(=O)c3ccc(S(=O)(=O)N4CCc5ccccc5C4)cc3)nc12. The second-order valence-corrected chi connectivity index (χ2v) is 13.7. The second kappa shape index (κ2) is 13.2. The average molecular weight is 637 g/mol. The minimum absolute atomic E-state index is 0.168. The highest BCUT2D eigenvalue weighted by molar-refractivity contribution is 7.89. The zero-order valence-electron chi connectivity index (χ0n) is 24.9. The monoisotopic (exact) mass is 636 g/mol. The smallest absolute Gasteiger partial charge is 0.260 e. The van der Waals surface area contributed by atoms with E-state index in [0.29, 0.717) is 67.0 Å². The molecule has 2 aliphatic rings. The van der Waals surface area contributed by atoms with Crippen LogP contribution in [0.5, 0.6) is 11.5 Å². The van der Waals surface area contributed by atoms with Gasteiger partial charge < -0.3 is 14.2 Å². The molecule has 0 atom stereocenters. The first-order valence-electron chi connectivity index (χ1n) is 14.7. The van der Waals surface area contributed by atoms with Gasteiger partial charge in [-0.1, -0.05) is 35.6 Å². The molecule has 0 saturated carbocycles. The van der Waals surface area contributed by atoms with Gasteiger partial charge in [0.05, 0.1) is 32.3 Å². The maximum absolute atomic E-state index is 14.0. The van der Waals surface area contributed by atoms with E-state index in [0.717, 1.165) is 36.3 Å². The van der Waals surface area contributed by atoms with Crippen molar-refractivity contribution in [1.29, 1.82) is 0 Å². The Morgan fingerprint density at radius 2 is 1.66 bits per heavy atom. The molecule has 4 aromatic rings. The second-order valence-electron chi connectivity index (χ2n) is 10.8. The standard InChI is InChI=1S/C32H36N4O6S2/c1-40-27-12-13-28(41-2)30-29(27)33-32(43-30)36(16-5-15-34-18-20-42-21-19-34)31(37)24-8-10-26(11-9-24)44(38,39)35-17-14-23-6-3-4-7-25(23)22-35/h3-4,6-13H,5,14-22H2,1-2H3. The highest BCUT2D eigenvalue weighted by Crippen LogP contribution is 2.40. The Balaban J connectivity index is 1.26. The molecule has 1 aromatic heterocycles. The Labute approximate surface area is 261 Å². The van der Waals surface area contributed by atoms with Crippen molar-refractivity contribution in [2.45, 2.75) is 24.3 Å². The van der Waals surface area contributed by atoms with Crippen LogP contribution in [0.4, 0.5) is 5.13 Å². The number of hydrogen-bond donors (Lipinski definition) is 0. The highest BCUT2D eigenvalue weighted by atomic mass is 32.2. The Hall–Kier alpha value is -3.55. The summed E-state index contributed by atoms with van der Waals surface area (Å²) in [6, 6.07) is 17.8. The molecule has 3 aromatic carbocycles. The van der Waals surface area contributed by atoms with Gasteiger partial charge in [-0.2, -0.15) is 4.31 Å². The van der Waals surface area contributed by atoms with Gasteiger partial charge in [0.15, 0.2) is 5.13 Å². The van der Waals surface area contributed by atoms with E-state index in [1.54, 1.807) is 37.3 Å². The fraction of sp³-hybridized carbons (Fsp3) is 0.375. The van der Waals surface area contributed by atoms with Gasteiger partial charge in [0.25, 0.3) is 5.91 Å². The summed E-state index contributed by atoms with van der Waals surface area (Å²) < 4.78 is 45.9. The van der Waals surface area contributed by atoms with E-state index in [2.05, 4.69) is 4.90 Å². The fourth-order valence-corrected chi connectivity index (χ4v) is 8.22. The van der Waals surface area contributed by atoms with Crippen molar-refractivity contribution in [1.82, 2.24) is 14.2 Å². The summed E-state index contributed by atoms with van der Waals surface area (Å²) in [7, 11) is -0.536. The molecular weight excluding hydrogens is 601 g/mol. The van der Waals surface area contributed by atoms with Gasteiger partial charge in [0, 0.05) is 44.8 Å². The van der Waals surface area contributed by atoms with E-state index in [1.807, 2.05) is 30.3 Å². The highest BCUT2D eigenvalue weighted by Gasteiger charge is 2.29. The summed E-state index contributed by atoms with van der Waals surface area (Å²) in [5.41, 5.74) is 3.21. The molecule has 2 aliphatic heterocycles. The Bertz CT molecular complexity index is 1690. The Kier molecular flexibility index (Phi) is 9.15. The lowest BCUT2D eigenvalue weighted by Crippen LogP contribution is -2.39. The predicted octanol–water partition coefficient (Wildman–Crippen LogP) is 4.43. The quantitative estimate of drug-likeness (QED) is 0.252. The van der Waals surface area contributed by atoms with Gasteiger partial charge in [-0.05, 0) is 60.4 Å². The number of morpholine rings is 1. The van der Waals surface area contributed by atoms with E-state index < -0.39 is 10.0 Å². The Morgan fingerprint density at radius 3 is 2.39 bits per heavy atom. The average Bonchev–Trinajstić information content (AvgIpc) is 3.51. The van der Waals surface area contributed by atoms with Crippen LogP contribution in [0, 0.1) is 0 Å². The van der Waals surface area contributed by atoms with Crippen LogP contribution in [0.2, 0.25) is 0 Å². The lowest BCUT2D eigenvalue weighted by molar-refractivity contribution is 0.0376. The van der Waals surface area contributed by atoms with Crippen molar-refractivity contribution in [3.05, 3.63) is 77.4 Å². The van der Waals surface area contributed by atoms with Crippen LogP contribution in [-0.2, 0) is 27.7 Å². The van der Waals surface area contributed by atoms with E-state index in [-0.39, 0.29) is 10.8 Å². The van der Waals surface area contributed by atoms with E-state index in [9.17, 15) is 13.2 Å². The van der Waals surface area contributed by atoms with Gasteiger partial charge in [-0.3, -0.25) is 14.6 Å². The molecule has 0 aliphatic carbocycles. The summed E-state index contributed by atoms with van der Waals surface area (Å²) in [5.74, 6) is 0.999. The largest absolute Gasteiger partial charge is 0.495 e. The molecule has 1 amide bonds. The normalized spacial score (nSPS) is 16.0. The molecule has 44 heavy (non-hydrogen) atoms. The Morgan fingerprint density at radius 1 is 0.955 bits per heavy atom. The number of sulfonamides is 1. The van der Waals surface area contributed by atoms with Crippen LogP contribution in [-0.4, -0.2) is 88.7 Å². The topological polar surface area (TPSA) is 102 Å². The number of methoxy groups -OCH3 is 2. The number of carbonyl (C=O) groups excluding carboxylic acids is 1. The molecular formula is C32H36N4O6S2. The first kappa shape index (κ1) is 30.5. The van der Waals surface area contributed by atoms with Crippen molar-refractivity contribution in [2.75, 3.05) is 65.1 Å². The first-order valence-corrected chi connectivity index (χ1v) is 16.9. The number of nitrogens with zero attached hydrogens (tertiary/aromatic N) is 4. The van der Waals surface area contributed by atoms with Crippen LogP contribution < -0.4 is 14.4 Å². The number of amides is 1. The number of ether oxygens (including phenoxy) is 3. The van der Waals surface area contributed by atoms with E-state index in [1.165, 1.54) is 33.3 Å².